The second-order valence-corrected chi connectivity index (χ2v) is 5.43. The Labute approximate surface area is 117 Å². The topological polar surface area (TPSA) is 72.8 Å². The van der Waals surface area contributed by atoms with Gasteiger partial charge in [0.25, 0.3) is 0 Å². The van der Waals surface area contributed by atoms with Crippen LogP contribution in [0.5, 0.6) is 17.2 Å². The maximum Gasteiger partial charge on any atom is 0.342 e. The third kappa shape index (κ3) is 3.21. The lowest BCUT2D eigenvalue weighted by Gasteiger charge is -2.11. The summed E-state index contributed by atoms with van der Waals surface area (Å²) in [6.07, 6.45) is 0. The van der Waals surface area contributed by atoms with Crippen molar-refractivity contribution >= 4 is 10.1 Å². The molecule has 0 amide bonds. The molecule has 0 aliphatic rings. The summed E-state index contributed by atoms with van der Waals surface area (Å²) in [7, 11) is -3.99. The Balaban J connectivity index is 2.33. The average molecular weight is 294 g/mol. The third-order valence-corrected chi connectivity index (χ3v) is 3.75. The van der Waals surface area contributed by atoms with Gasteiger partial charge >= 0.3 is 10.1 Å². The highest BCUT2D eigenvalue weighted by Crippen LogP contribution is 2.27. The lowest BCUT2D eigenvalue weighted by molar-refractivity contribution is 0.329. The molecule has 0 saturated heterocycles. The molecule has 5 nitrogen and oxygen atoms in total. The quantitative estimate of drug-likeness (QED) is 0.858. The van der Waals surface area contributed by atoms with Crippen LogP contribution in [0.3, 0.4) is 0 Å². The van der Waals surface area contributed by atoms with Crippen LogP contribution in [0.15, 0.2) is 53.4 Å². The van der Waals surface area contributed by atoms with Crippen LogP contribution in [0, 0.1) is 0 Å². The van der Waals surface area contributed by atoms with Crippen LogP contribution < -0.4 is 8.92 Å². The van der Waals surface area contributed by atoms with Gasteiger partial charge in [-0.3, -0.25) is 0 Å². The summed E-state index contributed by atoms with van der Waals surface area (Å²) in [6, 6.07) is 11.7. The van der Waals surface area contributed by atoms with Gasteiger partial charge in [0.1, 0.15) is 22.1 Å². The maximum absolute atomic E-state index is 12.2. The second-order valence-electron chi connectivity index (χ2n) is 3.91. The summed E-state index contributed by atoms with van der Waals surface area (Å²) in [5.41, 5.74) is 0. The van der Waals surface area contributed by atoms with Crippen LogP contribution in [-0.4, -0.2) is 20.1 Å². The molecule has 106 valence electrons. The number of benzene rings is 2. The Hall–Kier alpha value is -2.21. The first-order chi connectivity index (χ1) is 9.53. The van der Waals surface area contributed by atoms with E-state index in [0.29, 0.717) is 6.61 Å². The minimum absolute atomic E-state index is 0.0319. The molecule has 1 N–H and O–H groups in total. The van der Waals surface area contributed by atoms with Crippen LogP contribution in [0.1, 0.15) is 6.92 Å². The Morgan fingerprint density at radius 3 is 2.35 bits per heavy atom. The molecule has 2 aromatic carbocycles. The molecular weight excluding hydrogens is 280 g/mol. The van der Waals surface area contributed by atoms with E-state index in [2.05, 4.69) is 0 Å². The van der Waals surface area contributed by atoms with Gasteiger partial charge in [-0.1, -0.05) is 12.1 Å². The summed E-state index contributed by atoms with van der Waals surface area (Å²) in [4.78, 5) is -0.0325. The van der Waals surface area contributed by atoms with Crippen molar-refractivity contribution in [3.8, 4) is 17.2 Å². The zero-order valence-corrected chi connectivity index (χ0v) is 11.6. The number of rotatable bonds is 5. The minimum Gasteiger partial charge on any atom is -0.508 e. The van der Waals surface area contributed by atoms with E-state index in [0.717, 1.165) is 0 Å². The number of hydrogen-bond donors (Lipinski definition) is 1. The Morgan fingerprint density at radius 2 is 1.70 bits per heavy atom. The highest BCUT2D eigenvalue weighted by atomic mass is 32.2. The molecule has 0 atom stereocenters. The van der Waals surface area contributed by atoms with Crippen molar-refractivity contribution in [1.29, 1.82) is 0 Å². The fourth-order valence-corrected chi connectivity index (χ4v) is 2.68. The third-order valence-electron chi connectivity index (χ3n) is 2.46. The fourth-order valence-electron chi connectivity index (χ4n) is 1.60. The van der Waals surface area contributed by atoms with Crippen molar-refractivity contribution in [1.82, 2.24) is 0 Å². The van der Waals surface area contributed by atoms with Crippen molar-refractivity contribution in [2.75, 3.05) is 6.61 Å². The Bertz CT molecular complexity index is 677. The van der Waals surface area contributed by atoms with E-state index in [-0.39, 0.29) is 22.1 Å². The standard InChI is InChI=1S/C14H14O5S/c1-2-18-13-5-3-4-6-14(13)20(16,17)19-12-9-7-11(15)8-10-12/h3-10,15H,2H2,1H3. The number of ether oxygens (including phenoxy) is 1. The number of aromatic hydroxyl groups is 1. The summed E-state index contributed by atoms with van der Waals surface area (Å²) < 4.78 is 34.7. The molecule has 2 aromatic rings. The van der Waals surface area contributed by atoms with Gasteiger partial charge in [0.2, 0.25) is 0 Å². The first-order valence-electron chi connectivity index (χ1n) is 5.98. The number of phenolic OH excluding ortho intramolecular Hbond substituents is 1. The van der Waals surface area contributed by atoms with E-state index in [9.17, 15) is 8.42 Å². The predicted octanol–water partition coefficient (Wildman–Crippen LogP) is 2.56. The first-order valence-corrected chi connectivity index (χ1v) is 7.39. The van der Waals surface area contributed by atoms with Gasteiger partial charge in [-0.15, -0.1) is 0 Å². The van der Waals surface area contributed by atoms with Crippen molar-refractivity contribution < 1.29 is 22.4 Å². The van der Waals surface area contributed by atoms with E-state index in [1.54, 1.807) is 25.1 Å². The van der Waals surface area contributed by atoms with Crippen molar-refractivity contribution in [3.05, 3.63) is 48.5 Å². The molecule has 0 aliphatic heterocycles. The molecule has 0 radical (unpaired) electrons. The van der Waals surface area contributed by atoms with Crippen LogP contribution >= 0.6 is 0 Å². The molecule has 0 fully saturated rings. The van der Waals surface area contributed by atoms with E-state index in [1.165, 1.54) is 30.3 Å². The van der Waals surface area contributed by atoms with E-state index in [1.807, 2.05) is 0 Å². The number of phenols is 1. The van der Waals surface area contributed by atoms with Gasteiger partial charge in [-0.05, 0) is 43.3 Å². The van der Waals surface area contributed by atoms with E-state index < -0.39 is 10.1 Å². The summed E-state index contributed by atoms with van der Waals surface area (Å²) >= 11 is 0. The van der Waals surface area contributed by atoms with Gasteiger partial charge in [-0.25, -0.2) is 0 Å². The monoisotopic (exact) mass is 294 g/mol. The largest absolute Gasteiger partial charge is 0.508 e. The SMILES string of the molecule is CCOc1ccccc1S(=O)(=O)Oc1ccc(O)cc1. The number of para-hydroxylation sites is 1. The molecule has 20 heavy (non-hydrogen) atoms. The van der Waals surface area contributed by atoms with E-state index >= 15 is 0 Å². The van der Waals surface area contributed by atoms with Crippen molar-refractivity contribution in [2.24, 2.45) is 0 Å². The molecule has 0 aliphatic carbocycles. The lowest BCUT2D eigenvalue weighted by Crippen LogP contribution is -2.11. The van der Waals surface area contributed by atoms with Crippen molar-refractivity contribution in [2.45, 2.75) is 11.8 Å². The van der Waals surface area contributed by atoms with Gasteiger partial charge in [0.15, 0.2) is 0 Å². The molecule has 6 heteroatoms. The lowest BCUT2D eigenvalue weighted by atomic mass is 10.3. The highest BCUT2D eigenvalue weighted by molar-refractivity contribution is 7.87. The molecule has 0 unspecified atom stereocenters. The van der Waals surface area contributed by atoms with Crippen LogP contribution in [0.4, 0.5) is 0 Å². The van der Waals surface area contributed by atoms with Gasteiger partial charge < -0.3 is 14.0 Å². The van der Waals surface area contributed by atoms with Gasteiger partial charge in [0.05, 0.1) is 6.61 Å². The van der Waals surface area contributed by atoms with Crippen LogP contribution in [0.2, 0.25) is 0 Å². The maximum atomic E-state index is 12.2. The van der Waals surface area contributed by atoms with E-state index in [4.69, 9.17) is 14.0 Å². The molecule has 0 aromatic heterocycles. The highest BCUT2D eigenvalue weighted by Gasteiger charge is 2.21. The first kappa shape index (κ1) is 14.2. The average Bonchev–Trinajstić information content (AvgIpc) is 2.42. The normalized spacial score (nSPS) is 11.1. The van der Waals surface area contributed by atoms with Crippen molar-refractivity contribution in [3.63, 3.8) is 0 Å². The summed E-state index contributed by atoms with van der Waals surface area (Å²) in [5, 5.41) is 9.16. The van der Waals surface area contributed by atoms with Gasteiger partial charge in [-0.2, -0.15) is 8.42 Å². The molecule has 2 rings (SSSR count). The minimum atomic E-state index is -3.99. The summed E-state index contributed by atoms with van der Waals surface area (Å²) in [6.45, 7) is 2.12. The molecular formula is C14H14O5S. The summed E-state index contributed by atoms with van der Waals surface area (Å²) in [5.74, 6) is 0.396. The van der Waals surface area contributed by atoms with Crippen LogP contribution in [0.25, 0.3) is 0 Å². The molecule has 0 heterocycles. The smallest absolute Gasteiger partial charge is 0.342 e. The zero-order chi connectivity index (χ0) is 14.6. The molecule has 0 bridgehead atoms. The molecule has 0 saturated carbocycles. The predicted molar refractivity (Wildman–Crippen MR) is 73.5 cm³/mol. The Morgan fingerprint density at radius 1 is 1.05 bits per heavy atom. The Kier molecular flexibility index (Phi) is 4.14. The van der Waals surface area contributed by atoms with Crippen LogP contribution in [-0.2, 0) is 10.1 Å². The van der Waals surface area contributed by atoms with Gasteiger partial charge in [0, 0.05) is 0 Å². The fraction of sp³-hybridized carbons (Fsp3) is 0.143. The second kappa shape index (κ2) is 5.83. The number of hydrogen-bond acceptors (Lipinski definition) is 5. The molecule has 0 spiro atoms. The zero-order valence-electron chi connectivity index (χ0n) is 10.8.